The molecule has 0 saturated heterocycles. The van der Waals surface area contributed by atoms with Gasteiger partial charge in [0.1, 0.15) is 12.1 Å². The summed E-state index contributed by atoms with van der Waals surface area (Å²) in [7, 11) is 2.04. The number of rotatable bonds is 5. The van der Waals surface area contributed by atoms with E-state index < -0.39 is 0 Å². The van der Waals surface area contributed by atoms with Crippen LogP contribution in [0, 0.1) is 17.2 Å². The molecule has 110 valence electrons. The average molecular weight is 277 g/mol. The predicted octanol–water partition coefficient (Wildman–Crippen LogP) is 3.65. The molecular formula is C17H24FNO. The number of halogens is 1. The lowest BCUT2D eigenvalue weighted by molar-refractivity contribution is -0.119. The maximum absolute atomic E-state index is 12.9. The van der Waals surface area contributed by atoms with Gasteiger partial charge < -0.3 is 9.69 Å². The minimum Gasteiger partial charge on any atom is -0.303 e. The number of nitrogens with zero attached hydrogens (tertiary/aromatic N) is 1. The second-order valence-electron chi connectivity index (χ2n) is 6.48. The molecule has 2 unspecified atom stereocenters. The van der Waals surface area contributed by atoms with Gasteiger partial charge in [-0.25, -0.2) is 4.39 Å². The Kier molecular flexibility index (Phi) is 4.92. The molecule has 0 bridgehead atoms. The highest BCUT2D eigenvalue weighted by Gasteiger charge is 2.35. The SMILES string of the molecule is CC1CCCC(C=O)(CN(C)Cc2ccc(F)cc2)C1. The molecule has 1 saturated carbocycles. The van der Waals surface area contributed by atoms with Crippen molar-refractivity contribution in [2.45, 2.75) is 39.2 Å². The Morgan fingerprint density at radius 2 is 2.10 bits per heavy atom. The van der Waals surface area contributed by atoms with Crippen LogP contribution in [-0.4, -0.2) is 24.8 Å². The molecular weight excluding hydrogens is 253 g/mol. The van der Waals surface area contributed by atoms with Gasteiger partial charge in [-0.2, -0.15) is 0 Å². The van der Waals surface area contributed by atoms with Gasteiger partial charge in [-0.15, -0.1) is 0 Å². The molecule has 2 atom stereocenters. The van der Waals surface area contributed by atoms with E-state index in [0.717, 1.165) is 37.9 Å². The highest BCUT2D eigenvalue weighted by atomic mass is 19.1. The summed E-state index contributed by atoms with van der Waals surface area (Å²) in [5.41, 5.74) is 0.894. The molecule has 1 aromatic rings. The van der Waals surface area contributed by atoms with Crippen LogP contribution in [0.3, 0.4) is 0 Å². The van der Waals surface area contributed by atoms with Crippen molar-refractivity contribution in [1.82, 2.24) is 4.90 Å². The fourth-order valence-corrected chi connectivity index (χ4v) is 3.48. The van der Waals surface area contributed by atoms with Gasteiger partial charge in [0.25, 0.3) is 0 Å². The molecule has 0 radical (unpaired) electrons. The largest absolute Gasteiger partial charge is 0.303 e. The van der Waals surface area contributed by atoms with E-state index in [1.807, 2.05) is 19.2 Å². The number of hydrogen-bond donors (Lipinski definition) is 0. The lowest BCUT2D eigenvalue weighted by Gasteiger charge is -2.38. The number of carbonyl (C=O) groups is 1. The van der Waals surface area contributed by atoms with Crippen LogP contribution in [0.2, 0.25) is 0 Å². The summed E-state index contributed by atoms with van der Waals surface area (Å²) in [5, 5.41) is 0. The molecule has 0 aliphatic heterocycles. The van der Waals surface area contributed by atoms with E-state index in [2.05, 4.69) is 11.8 Å². The normalized spacial score (nSPS) is 26.7. The van der Waals surface area contributed by atoms with E-state index in [1.54, 1.807) is 0 Å². The Morgan fingerprint density at radius 3 is 2.70 bits per heavy atom. The summed E-state index contributed by atoms with van der Waals surface area (Å²) in [6.07, 6.45) is 5.53. The van der Waals surface area contributed by atoms with Crippen LogP contribution in [0.1, 0.15) is 38.2 Å². The summed E-state index contributed by atoms with van der Waals surface area (Å²) in [5.74, 6) is 0.426. The first kappa shape index (κ1) is 15.2. The summed E-state index contributed by atoms with van der Waals surface area (Å²) in [6.45, 7) is 3.78. The third kappa shape index (κ3) is 3.89. The molecule has 0 amide bonds. The Labute approximate surface area is 121 Å². The van der Waals surface area contributed by atoms with Gasteiger partial charge in [-0.05, 0) is 43.5 Å². The summed E-state index contributed by atoms with van der Waals surface area (Å²) < 4.78 is 12.9. The van der Waals surface area contributed by atoms with Crippen molar-refractivity contribution in [2.24, 2.45) is 11.3 Å². The minimum absolute atomic E-state index is 0.188. The Morgan fingerprint density at radius 1 is 1.40 bits per heavy atom. The minimum atomic E-state index is -0.207. The quantitative estimate of drug-likeness (QED) is 0.766. The van der Waals surface area contributed by atoms with Crippen molar-refractivity contribution in [2.75, 3.05) is 13.6 Å². The van der Waals surface area contributed by atoms with Crippen LogP contribution < -0.4 is 0 Å². The maximum atomic E-state index is 12.9. The molecule has 0 aromatic heterocycles. The van der Waals surface area contributed by atoms with Crippen molar-refractivity contribution in [1.29, 1.82) is 0 Å². The lowest BCUT2D eigenvalue weighted by Crippen LogP contribution is -2.40. The van der Waals surface area contributed by atoms with Gasteiger partial charge in [0.05, 0.1) is 0 Å². The van der Waals surface area contributed by atoms with E-state index in [9.17, 15) is 9.18 Å². The number of aldehydes is 1. The molecule has 20 heavy (non-hydrogen) atoms. The lowest BCUT2D eigenvalue weighted by atomic mass is 9.71. The number of hydrogen-bond acceptors (Lipinski definition) is 2. The highest BCUT2D eigenvalue weighted by Crippen LogP contribution is 2.38. The van der Waals surface area contributed by atoms with E-state index in [0.29, 0.717) is 5.92 Å². The zero-order valence-corrected chi connectivity index (χ0v) is 12.4. The summed E-state index contributed by atoms with van der Waals surface area (Å²) in [4.78, 5) is 13.8. The molecule has 2 nitrogen and oxygen atoms in total. The van der Waals surface area contributed by atoms with E-state index in [1.165, 1.54) is 24.8 Å². The van der Waals surface area contributed by atoms with Gasteiger partial charge >= 0.3 is 0 Å². The monoisotopic (exact) mass is 277 g/mol. The average Bonchev–Trinajstić information content (AvgIpc) is 2.41. The number of benzene rings is 1. The van der Waals surface area contributed by atoms with E-state index in [-0.39, 0.29) is 11.2 Å². The first-order valence-corrected chi connectivity index (χ1v) is 7.42. The topological polar surface area (TPSA) is 20.3 Å². The fourth-order valence-electron chi connectivity index (χ4n) is 3.48. The Balaban J connectivity index is 1.96. The molecule has 1 aliphatic rings. The van der Waals surface area contributed by atoms with Crippen LogP contribution in [0.4, 0.5) is 4.39 Å². The first-order valence-electron chi connectivity index (χ1n) is 7.42. The molecule has 0 N–H and O–H groups in total. The van der Waals surface area contributed by atoms with Gasteiger partial charge in [-0.3, -0.25) is 0 Å². The molecule has 1 aromatic carbocycles. The number of carbonyl (C=O) groups excluding carboxylic acids is 1. The highest BCUT2D eigenvalue weighted by molar-refractivity contribution is 5.60. The Hall–Kier alpha value is -1.22. The maximum Gasteiger partial charge on any atom is 0.127 e. The molecule has 1 aliphatic carbocycles. The first-order chi connectivity index (χ1) is 9.53. The van der Waals surface area contributed by atoms with Gasteiger partial charge in [0.15, 0.2) is 0 Å². The predicted molar refractivity (Wildman–Crippen MR) is 78.9 cm³/mol. The van der Waals surface area contributed by atoms with Crippen LogP contribution in [0.5, 0.6) is 0 Å². The van der Waals surface area contributed by atoms with Gasteiger partial charge in [0, 0.05) is 18.5 Å². The van der Waals surface area contributed by atoms with E-state index >= 15 is 0 Å². The second kappa shape index (κ2) is 6.49. The van der Waals surface area contributed by atoms with Crippen LogP contribution in [0.25, 0.3) is 0 Å². The third-order valence-electron chi connectivity index (χ3n) is 4.33. The van der Waals surface area contributed by atoms with Crippen LogP contribution >= 0.6 is 0 Å². The van der Waals surface area contributed by atoms with Crippen LogP contribution in [-0.2, 0) is 11.3 Å². The van der Waals surface area contributed by atoms with Crippen molar-refractivity contribution < 1.29 is 9.18 Å². The molecule has 1 fully saturated rings. The molecule has 2 rings (SSSR count). The van der Waals surface area contributed by atoms with Crippen molar-refractivity contribution in [3.05, 3.63) is 35.6 Å². The molecule has 0 spiro atoms. The summed E-state index contributed by atoms with van der Waals surface area (Å²) >= 11 is 0. The van der Waals surface area contributed by atoms with Gasteiger partial charge in [-0.1, -0.05) is 31.9 Å². The third-order valence-corrected chi connectivity index (χ3v) is 4.33. The van der Waals surface area contributed by atoms with E-state index in [4.69, 9.17) is 0 Å². The van der Waals surface area contributed by atoms with Crippen LogP contribution in [0.15, 0.2) is 24.3 Å². The second-order valence-corrected chi connectivity index (χ2v) is 6.48. The van der Waals surface area contributed by atoms with Gasteiger partial charge in [0.2, 0.25) is 0 Å². The van der Waals surface area contributed by atoms with Crippen molar-refractivity contribution >= 4 is 6.29 Å². The zero-order valence-electron chi connectivity index (χ0n) is 12.4. The van der Waals surface area contributed by atoms with Crippen molar-refractivity contribution in [3.63, 3.8) is 0 Å². The van der Waals surface area contributed by atoms with Crippen molar-refractivity contribution in [3.8, 4) is 0 Å². The standard InChI is InChI=1S/C17H24FNO/c1-14-4-3-9-17(10-14,13-20)12-19(2)11-15-5-7-16(18)8-6-15/h5-8,13-14H,3-4,9-12H2,1-2H3. The fraction of sp³-hybridized carbons (Fsp3) is 0.588. The smallest absolute Gasteiger partial charge is 0.127 e. The molecule has 3 heteroatoms. The molecule has 0 heterocycles. The Bertz CT molecular complexity index is 445. The summed E-state index contributed by atoms with van der Waals surface area (Å²) in [6, 6.07) is 6.59. The zero-order chi connectivity index (χ0) is 14.6.